The highest BCUT2D eigenvalue weighted by molar-refractivity contribution is 7.16. The first-order chi connectivity index (χ1) is 14.2. The summed E-state index contributed by atoms with van der Waals surface area (Å²) >= 11 is 1.59. The molecular weight excluding hydrogens is 384 g/mol. The van der Waals surface area contributed by atoms with Crippen molar-refractivity contribution < 1.29 is 4.79 Å². The molecular formula is C21H26N6OS. The molecule has 1 amide bonds. The zero-order valence-electron chi connectivity index (χ0n) is 16.7. The van der Waals surface area contributed by atoms with Crippen molar-refractivity contribution in [2.75, 3.05) is 36.4 Å². The molecule has 152 valence electrons. The van der Waals surface area contributed by atoms with Gasteiger partial charge in [0.15, 0.2) is 0 Å². The van der Waals surface area contributed by atoms with Crippen molar-refractivity contribution in [3.63, 3.8) is 0 Å². The Labute approximate surface area is 175 Å². The number of anilines is 2. The smallest absolute Gasteiger partial charge is 0.242 e. The number of aryl methyl sites for hydroxylation is 1. The van der Waals surface area contributed by atoms with Crippen LogP contribution in [0.3, 0.4) is 0 Å². The van der Waals surface area contributed by atoms with E-state index in [2.05, 4.69) is 31.2 Å². The van der Waals surface area contributed by atoms with Crippen LogP contribution >= 0.6 is 11.3 Å². The van der Waals surface area contributed by atoms with Gasteiger partial charge in [-0.25, -0.2) is 9.97 Å². The summed E-state index contributed by atoms with van der Waals surface area (Å²) in [5, 5.41) is 13.5. The molecule has 2 aromatic heterocycles. The second kappa shape index (κ2) is 8.89. The molecule has 2 aliphatic rings. The van der Waals surface area contributed by atoms with Crippen LogP contribution in [-0.2, 0) is 17.6 Å². The lowest BCUT2D eigenvalue weighted by Gasteiger charge is -2.37. The minimum absolute atomic E-state index is 0.0395. The number of rotatable bonds is 4. The fraction of sp³-hybridized carbons (Fsp3) is 0.524. The molecule has 7 nitrogen and oxygen atoms in total. The van der Waals surface area contributed by atoms with Crippen molar-refractivity contribution >= 4 is 28.2 Å². The minimum atomic E-state index is -0.248. The summed E-state index contributed by atoms with van der Waals surface area (Å²) in [4.78, 5) is 27.1. The fourth-order valence-corrected chi connectivity index (χ4v) is 5.34. The maximum Gasteiger partial charge on any atom is 0.242 e. The number of piperazine rings is 1. The number of fused-ring (bicyclic) bond motifs is 1. The maximum absolute atomic E-state index is 12.9. The van der Waals surface area contributed by atoms with Gasteiger partial charge in [-0.2, -0.15) is 5.26 Å². The largest absolute Gasteiger partial charge is 0.338 e. The molecule has 2 aromatic rings. The third-order valence-electron chi connectivity index (χ3n) is 5.85. The number of aromatic nitrogens is 2. The molecule has 0 bridgehead atoms. The van der Waals surface area contributed by atoms with Crippen molar-refractivity contribution in [1.29, 1.82) is 5.26 Å². The van der Waals surface area contributed by atoms with E-state index in [-0.39, 0.29) is 11.9 Å². The predicted octanol–water partition coefficient (Wildman–Crippen LogP) is 2.83. The Bertz CT molecular complexity index is 898. The molecule has 29 heavy (non-hydrogen) atoms. The summed E-state index contributed by atoms with van der Waals surface area (Å²) in [5.41, 5.74) is 1.84. The van der Waals surface area contributed by atoms with Gasteiger partial charge in [-0.05, 0) is 44.2 Å². The van der Waals surface area contributed by atoms with E-state index in [1.54, 1.807) is 23.7 Å². The molecule has 0 unspecified atom stereocenters. The van der Waals surface area contributed by atoms with E-state index in [1.165, 1.54) is 11.3 Å². The summed E-state index contributed by atoms with van der Waals surface area (Å²) in [5.74, 6) is 0.699. The zero-order valence-corrected chi connectivity index (χ0v) is 17.5. The number of nitriles is 1. The van der Waals surface area contributed by atoms with Gasteiger partial charge in [-0.1, -0.05) is 6.42 Å². The van der Waals surface area contributed by atoms with Crippen LogP contribution in [0.1, 0.15) is 42.2 Å². The number of hydrogen-bond donors (Lipinski definition) is 1. The van der Waals surface area contributed by atoms with Crippen molar-refractivity contribution in [2.24, 2.45) is 0 Å². The Kier molecular flexibility index (Phi) is 6.07. The van der Waals surface area contributed by atoms with Gasteiger partial charge in [0, 0.05) is 43.4 Å². The summed E-state index contributed by atoms with van der Waals surface area (Å²) in [6, 6.07) is 3.90. The first kappa shape index (κ1) is 19.8. The van der Waals surface area contributed by atoms with Gasteiger partial charge in [0.05, 0.1) is 11.6 Å². The molecule has 0 spiro atoms. The molecule has 1 aliphatic heterocycles. The fourth-order valence-electron chi connectivity index (χ4n) is 4.09. The van der Waals surface area contributed by atoms with Crippen LogP contribution in [0, 0.1) is 11.3 Å². The molecule has 1 N–H and O–H groups in total. The number of nitrogens with zero attached hydrogens (tertiary/aromatic N) is 5. The van der Waals surface area contributed by atoms with Gasteiger partial charge in [0.25, 0.3) is 0 Å². The Morgan fingerprint density at radius 2 is 1.90 bits per heavy atom. The third-order valence-corrected chi connectivity index (χ3v) is 7.05. The van der Waals surface area contributed by atoms with E-state index >= 15 is 0 Å². The predicted molar refractivity (Wildman–Crippen MR) is 114 cm³/mol. The first-order valence-corrected chi connectivity index (χ1v) is 11.1. The molecule has 8 heteroatoms. The van der Waals surface area contributed by atoms with Crippen LogP contribution < -0.4 is 10.2 Å². The van der Waals surface area contributed by atoms with Gasteiger partial charge < -0.3 is 10.2 Å². The third kappa shape index (κ3) is 4.26. The average molecular weight is 411 g/mol. The lowest BCUT2D eigenvalue weighted by molar-refractivity contribution is -0.120. The van der Waals surface area contributed by atoms with E-state index in [0.29, 0.717) is 5.56 Å². The highest BCUT2D eigenvalue weighted by Gasteiger charge is 2.28. The molecule has 4 rings (SSSR count). The molecule has 1 saturated heterocycles. The summed E-state index contributed by atoms with van der Waals surface area (Å²) in [7, 11) is 0. The normalized spacial score (nSPS) is 18.4. The number of carbonyl (C=O) groups excluding carboxylic acids is 1. The minimum Gasteiger partial charge on any atom is -0.338 e. The monoisotopic (exact) mass is 410 g/mol. The average Bonchev–Trinajstić information content (AvgIpc) is 2.92. The highest BCUT2D eigenvalue weighted by Crippen LogP contribution is 2.37. The van der Waals surface area contributed by atoms with Crippen LogP contribution in [0.5, 0.6) is 0 Å². The quantitative estimate of drug-likeness (QED) is 0.780. The number of nitrogens with one attached hydrogen (secondary N) is 1. The van der Waals surface area contributed by atoms with E-state index in [0.717, 1.165) is 68.4 Å². The SMILES string of the molecule is C[C@H](C(=O)Nc1sc2c(c1C#N)CCCCC2)N1CCN(c2ncccn2)CC1. The van der Waals surface area contributed by atoms with Gasteiger partial charge >= 0.3 is 0 Å². The topological polar surface area (TPSA) is 85.2 Å². The summed E-state index contributed by atoms with van der Waals surface area (Å²) in [6.45, 7) is 5.07. The van der Waals surface area contributed by atoms with Crippen molar-refractivity contribution in [3.05, 3.63) is 34.5 Å². The van der Waals surface area contributed by atoms with E-state index in [1.807, 2.05) is 13.0 Å². The molecule has 1 aliphatic carbocycles. The molecule has 0 radical (unpaired) electrons. The van der Waals surface area contributed by atoms with Crippen LogP contribution in [-0.4, -0.2) is 53.0 Å². The number of amides is 1. The van der Waals surface area contributed by atoms with E-state index in [4.69, 9.17) is 0 Å². The van der Waals surface area contributed by atoms with Gasteiger partial charge in [0.1, 0.15) is 11.1 Å². The lowest BCUT2D eigenvalue weighted by Crippen LogP contribution is -2.53. The van der Waals surface area contributed by atoms with Gasteiger partial charge in [0.2, 0.25) is 11.9 Å². The van der Waals surface area contributed by atoms with Gasteiger partial charge in [-0.3, -0.25) is 9.69 Å². The number of hydrogen-bond acceptors (Lipinski definition) is 7. The van der Waals surface area contributed by atoms with Crippen LogP contribution in [0.2, 0.25) is 0 Å². The second-order valence-corrected chi connectivity index (χ2v) is 8.72. The molecule has 1 fully saturated rings. The van der Waals surface area contributed by atoms with Crippen LogP contribution in [0.15, 0.2) is 18.5 Å². The highest BCUT2D eigenvalue weighted by atomic mass is 32.1. The summed E-state index contributed by atoms with van der Waals surface area (Å²) < 4.78 is 0. The van der Waals surface area contributed by atoms with E-state index in [9.17, 15) is 10.1 Å². The van der Waals surface area contributed by atoms with E-state index < -0.39 is 0 Å². The number of thiophene rings is 1. The maximum atomic E-state index is 12.9. The standard InChI is InChI=1S/C21H26N6OS/c1-15(26-10-12-27(13-11-26)21-23-8-5-9-24-21)19(28)25-20-17(14-22)16-6-3-2-4-7-18(16)29-20/h5,8-9,15H,2-4,6-7,10-13H2,1H3,(H,25,28)/t15-/m1/s1. The van der Waals surface area contributed by atoms with Crippen LogP contribution in [0.25, 0.3) is 0 Å². The zero-order chi connectivity index (χ0) is 20.2. The second-order valence-electron chi connectivity index (χ2n) is 7.62. The molecule has 0 aromatic carbocycles. The Balaban J connectivity index is 1.39. The molecule has 1 atom stereocenters. The van der Waals surface area contributed by atoms with Crippen molar-refractivity contribution in [3.8, 4) is 6.07 Å². The van der Waals surface area contributed by atoms with Crippen molar-refractivity contribution in [1.82, 2.24) is 14.9 Å². The number of carbonyl (C=O) groups is 1. The summed E-state index contributed by atoms with van der Waals surface area (Å²) in [6.07, 6.45) is 8.97. The Hall–Kier alpha value is -2.50. The Morgan fingerprint density at radius 1 is 1.17 bits per heavy atom. The van der Waals surface area contributed by atoms with Crippen molar-refractivity contribution in [2.45, 2.75) is 45.1 Å². The molecule has 0 saturated carbocycles. The lowest BCUT2D eigenvalue weighted by atomic mass is 10.1. The van der Waals surface area contributed by atoms with Crippen LogP contribution in [0.4, 0.5) is 10.9 Å². The molecule has 3 heterocycles. The van der Waals surface area contributed by atoms with Gasteiger partial charge in [-0.15, -0.1) is 11.3 Å². The Morgan fingerprint density at radius 3 is 2.62 bits per heavy atom. The first-order valence-electron chi connectivity index (χ1n) is 10.3.